The predicted molar refractivity (Wildman–Crippen MR) is 62.2 cm³/mol. The van der Waals surface area contributed by atoms with Crippen LogP contribution in [0.15, 0.2) is 36.2 Å². The molecule has 0 spiro atoms. The molecule has 0 N–H and O–H groups in total. The average molecular weight is 236 g/mol. The molecule has 5 heteroatoms. The van der Waals surface area contributed by atoms with Crippen LogP contribution in [0, 0.1) is 0 Å². The molecular weight excluding hydrogens is 222 g/mol. The van der Waals surface area contributed by atoms with Crippen molar-refractivity contribution in [1.29, 1.82) is 0 Å². The number of carbonyl (C=O) groups is 1. The van der Waals surface area contributed by atoms with Gasteiger partial charge in [-0.2, -0.15) is 4.57 Å². The van der Waals surface area contributed by atoms with Gasteiger partial charge in [-0.1, -0.05) is 6.07 Å². The quantitative estimate of drug-likeness (QED) is 0.726. The summed E-state index contributed by atoms with van der Waals surface area (Å²) in [5, 5.41) is 2.02. The fraction of sp³-hybridized carbons (Fsp3) is 0.273. The summed E-state index contributed by atoms with van der Waals surface area (Å²) < 4.78 is 3.42. The Balaban J connectivity index is 2.05. The third-order valence-electron chi connectivity index (χ3n) is 2.29. The molecule has 0 atom stereocenters. The Morgan fingerprint density at radius 2 is 2.44 bits per heavy atom. The van der Waals surface area contributed by atoms with E-state index in [9.17, 15) is 4.79 Å². The Hall–Kier alpha value is -1.62. The van der Waals surface area contributed by atoms with Crippen LogP contribution in [0.3, 0.4) is 0 Å². The van der Waals surface area contributed by atoms with Crippen molar-refractivity contribution in [2.45, 2.75) is 6.54 Å². The van der Waals surface area contributed by atoms with E-state index < -0.39 is 0 Å². The lowest BCUT2D eigenvalue weighted by atomic mass is 10.4. The zero-order chi connectivity index (χ0) is 11.5. The summed E-state index contributed by atoms with van der Waals surface area (Å²) in [4.78, 5) is 14.9. The summed E-state index contributed by atoms with van der Waals surface area (Å²) in [5.74, 6) is 0. The summed E-state index contributed by atoms with van der Waals surface area (Å²) in [6, 6.07) is 4.01. The van der Waals surface area contributed by atoms with Crippen LogP contribution in [-0.4, -0.2) is 22.5 Å². The van der Waals surface area contributed by atoms with Crippen LogP contribution >= 0.6 is 11.3 Å². The van der Waals surface area contributed by atoms with Gasteiger partial charge in [0.05, 0.1) is 13.6 Å². The molecule has 84 valence electrons. The van der Waals surface area contributed by atoms with Crippen LogP contribution in [0.25, 0.3) is 0 Å². The fourth-order valence-electron chi connectivity index (χ4n) is 1.46. The highest BCUT2D eigenvalue weighted by Gasteiger charge is 2.17. The van der Waals surface area contributed by atoms with Gasteiger partial charge in [0, 0.05) is 11.9 Å². The van der Waals surface area contributed by atoms with E-state index in [1.165, 1.54) is 4.88 Å². The van der Waals surface area contributed by atoms with Gasteiger partial charge in [0.25, 0.3) is 6.33 Å². The monoisotopic (exact) mass is 236 g/mol. The number of amides is 1. The summed E-state index contributed by atoms with van der Waals surface area (Å²) in [7, 11) is 3.70. The molecule has 0 fully saturated rings. The second kappa shape index (κ2) is 4.49. The van der Waals surface area contributed by atoms with Gasteiger partial charge < -0.3 is 4.90 Å². The molecule has 2 aromatic rings. The third kappa shape index (κ3) is 2.30. The van der Waals surface area contributed by atoms with Gasteiger partial charge >= 0.3 is 6.03 Å². The topological polar surface area (TPSA) is 29.1 Å². The standard InChI is InChI=1S/C11H14N3OS/c1-12-5-6-14(9-12)11(15)13(2)8-10-4-3-7-16-10/h3-7,9H,8H2,1-2H3/q+1. The second-order valence-corrected chi connectivity index (χ2v) is 4.74. The maximum absolute atomic E-state index is 12.0. The molecule has 0 aromatic carbocycles. The minimum atomic E-state index is -0.0194. The minimum Gasteiger partial charge on any atom is -0.302 e. The number of aromatic nitrogens is 2. The van der Waals surface area contributed by atoms with E-state index in [4.69, 9.17) is 0 Å². The Morgan fingerprint density at radius 3 is 3.00 bits per heavy atom. The van der Waals surface area contributed by atoms with Gasteiger partial charge in [0.2, 0.25) is 0 Å². The number of carbonyl (C=O) groups excluding carboxylic acids is 1. The van der Waals surface area contributed by atoms with Crippen molar-refractivity contribution < 1.29 is 9.36 Å². The molecule has 0 unspecified atom stereocenters. The van der Waals surface area contributed by atoms with Crippen molar-refractivity contribution >= 4 is 17.4 Å². The van der Waals surface area contributed by atoms with Crippen LogP contribution in [0.1, 0.15) is 4.88 Å². The van der Waals surface area contributed by atoms with Crippen molar-refractivity contribution in [3.8, 4) is 0 Å². The minimum absolute atomic E-state index is 0.0194. The molecule has 0 saturated heterocycles. The Bertz CT molecular complexity index is 475. The molecule has 2 heterocycles. The van der Waals surface area contributed by atoms with Crippen molar-refractivity contribution in [3.05, 3.63) is 41.1 Å². The molecule has 0 saturated carbocycles. The highest BCUT2D eigenvalue weighted by atomic mass is 32.1. The van der Waals surface area contributed by atoms with Crippen molar-refractivity contribution in [2.75, 3.05) is 7.05 Å². The first-order valence-corrected chi connectivity index (χ1v) is 5.86. The summed E-state index contributed by atoms with van der Waals surface area (Å²) in [6.07, 6.45) is 5.36. The first kappa shape index (κ1) is 10.9. The zero-order valence-electron chi connectivity index (χ0n) is 9.33. The van der Waals surface area contributed by atoms with Gasteiger partial charge in [-0.15, -0.1) is 11.3 Å². The maximum Gasteiger partial charge on any atom is 0.415 e. The fourth-order valence-corrected chi connectivity index (χ4v) is 2.22. The summed E-state index contributed by atoms with van der Waals surface area (Å²) in [5.41, 5.74) is 0. The van der Waals surface area contributed by atoms with Crippen LogP contribution in [0.5, 0.6) is 0 Å². The zero-order valence-corrected chi connectivity index (χ0v) is 10.1. The number of hydrogen-bond acceptors (Lipinski definition) is 2. The normalized spacial score (nSPS) is 10.4. The maximum atomic E-state index is 12.0. The number of rotatable bonds is 2. The highest BCUT2D eigenvalue weighted by molar-refractivity contribution is 7.09. The number of imidazole rings is 1. The lowest BCUT2D eigenvalue weighted by Gasteiger charge is -2.12. The van der Waals surface area contributed by atoms with Crippen LogP contribution in [-0.2, 0) is 13.6 Å². The van der Waals surface area contributed by atoms with Gasteiger partial charge in [-0.25, -0.2) is 9.36 Å². The summed E-state index contributed by atoms with van der Waals surface area (Å²) in [6.45, 7) is 0.651. The Morgan fingerprint density at radius 1 is 1.62 bits per heavy atom. The van der Waals surface area contributed by atoms with E-state index in [1.807, 2.05) is 42.4 Å². The van der Waals surface area contributed by atoms with E-state index >= 15 is 0 Å². The molecule has 0 aliphatic rings. The van der Waals surface area contributed by atoms with Crippen LogP contribution < -0.4 is 4.57 Å². The molecular formula is C11H14N3OS+. The molecule has 2 rings (SSSR count). The van der Waals surface area contributed by atoms with Gasteiger partial charge in [-0.05, 0) is 11.4 Å². The second-order valence-electron chi connectivity index (χ2n) is 3.70. The number of hydrogen-bond donors (Lipinski definition) is 0. The molecule has 0 bridgehead atoms. The molecule has 0 aliphatic heterocycles. The van der Waals surface area contributed by atoms with E-state index in [0.717, 1.165) is 0 Å². The van der Waals surface area contributed by atoms with Crippen LogP contribution in [0.4, 0.5) is 4.79 Å². The van der Waals surface area contributed by atoms with Crippen LogP contribution in [0.2, 0.25) is 0 Å². The van der Waals surface area contributed by atoms with Crippen molar-refractivity contribution in [2.24, 2.45) is 7.05 Å². The first-order chi connectivity index (χ1) is 7.66. The number of aryl methyl sites for hydroxylation is 1. The highest BCUT2D eigenvalue weighted by Crippen LogP contribution is 2.11. The smallest absolute Gasteiger partial charge is 0.302 e. The molecule has 0 radical (unpaired) electrons. The molecule has 1 amide bonds. The largest absolute Gasteiger partial charge is 0.415 e. The van der Waals surface area contributed by atoms with Gasteiger partial charge in [0.15, 0.2) is 0 Å². The SMILES string of the molecule is CN(Cc1cccs1)C(=O)n1cc[n+](C)c1. The van der Waals surface area contributed by atoms with E-state index in [-0.39, 0.29) is 6.03 Å². The van der Waals surface area contributed by atoms with E-state index in [0.29, 0.717) is 6.54 Å². The lowest BCUT2D eigenvalue weighted by molar-refractivity contribution is -0.670. The summed E-state index contributed by atoms with van der Waals surface area (Å²) >= 11 is 1.66. The molecule has 4 nitrogen and oxygen atoms in total. The average Bonchev–Trinajstić information content (AvgIpc) is 2.88. The van der Waals surface area contributed by atoms with Crippen molar-refractivity contribution in [3.63, 3.8) is 0 Å². The lowest BCUT2D eigenvalue weighted by Crippen LogP contribution is -2.31. The number of nitrogens with zero attached hydrogens (tertiary/aromatic N) is 3. The number of thiophene rings is 1. The Labute approximate surface area is 98.4 Å². The predicted octanol–water partition coefficient (Wildman–Crippen LogP) is 1.47. The molecule has 2 aromatic heterocycles. The third-order valence-corrected chi connectivity index (χ3v) is 3.15. The molecule has 0 aliphatic carbocycles. The first-order valence-electron chi connectivity index (χ1n) is 4.98. The van der Waals surface area contributed by atoms with E-state index in [2.05, 4.69) is 0 Å². The van der Waals surface area contributed by atoms with E-state index in [1.54, 1.807) is 33.3 Å². The van der Waals surface area contributed by atoms with Gasteiger partial charge in [0.1, 0.15) is 12.4 Å². The van der Waals surface area contributed by atoms with Crippen molar-refractivity contribution in [1.82, 2.24) is 9.47 Å². The van der Waals surface area contributed by atoms with Gasteiger partial charge in [-0.3, -0.25) is 0 Å². The Kier molecular flexibility index (Phi) is 3.05. The molecule has 16 heavy (non-hydrogen) atoms.